The van der Waals surface area contributed by atoms with Gasteiger partial charge in [0.05, 0.1) is 18.0 Å². The number of methoxy groups -OCH3 is 1. The molecule has 0 heterocycles. The van der Waals surface area contributed by atoms with Gasteiger partial charge in [-0.1, -0.05) is 11.6 Å². The molecule has 1 unspecified atom stereocenters. The predicted octanol–water partition coefficient (Wildman–Crippen LogP) is 4.43. The van der Waals surface area contributed by atoms with E-state index in [0.717, 1.165) is 4.90 Å². The fourth-order valence-corrected chi connectivity index (χ4v) is 3.09. The Morgan fingerprint density at radius 3 is 2.40 bits per heavy atom. The van der Waals surface area contributed by atoms with Crippen molar-refractivity contribution in [3.05, 3.63) is 47.5 Å². The summed E-state index contributed by atoms with van der Waals surface area (Å²) in [4.78, 5) is 24.6. The van der Waals surface area contributed by atoms with Crippen LogP contribution in [0.4, 0.5) is 11.4 Å². The summed E-state index contributed by atoms with van der Waals surface area (Å²) in [6.45, 7) is 3.24. The number of hydrogen-bond acceptors (Lipinski definition) is 4. The van der Waals surface area contributed by atoms with E-state index < -0.39 is 0 Å². The lowest BCUT2D eigenvalue weighted by Gasteiger charge is -2.15. The van der Waals surface area contributed by atoms with Crippen molar-refractivity contribution in [2.45, 2.75) is 24.0 Å². The zero-order chi connectivity index (χ0) is 18.4. The molecule has 0 fully saturated rings. The van der Waals surface area contributed by atoms with Crippen LogP contribution < -0.4 is 15.4 Å². The standard InChI is InChI=1S/C18H19ClN2O3S/c1-11(25-15-7-4-13(19)5-8-15)18(23)21-16-10-14(20-12(2)22)6-9-17(16)24-3/h4-11H,1-3H3,(H,20,22)(H,21,23). The van der Waals surface area contributed by atoms with Gasteiger partial charge in [0.15, 0.2) is 0 Å². The van der Waals surface area contributed by atoms with Gasteiger partial charge < -0.3 is 15.4 Å². The number of thioether (sulfide) groups is 1. The third kappa shape index (κ3) is 5.69. The molecule has 0 radical (unpaired) electrons. The number of hydrogen-bond donors (Lipinski definition) is 2. The van der Waals surface area contributed by atoms with Crippen molar-refractivity contribution in [1.29, 1.82) is 0 Å². The Morgan fingerprint density at radius 1 is 1.12 bits per heavy atom. The Bertz CT molecular complexity index is 765. The number of ether oxygens (including phenoxy) is 1. The summed E-state index contributed by atoms with van der Waals surface area (Å²) in [5.74, 6) is 0.165. The topological polar surface area (TPSA) is 67.4 Å². The van der Waals surface area contributed by atoms with Gasteiger partial charge in [-0.25, -0.2) is 0 Å². The Kier molecular flexibility index (Phi) is 6.73. The van der Waals surface area contributed by atoms with Crippen LogP contribution in [0.2, 0.25) is 5.02 Å². The zero-order valence-corrected chi connectivity index (χ0v) is 15.7. The summed E-state index contributed by atoms with van der Waals surface area (Å²) in [7, 11) is 1.52. The van der Waals surface area contributed by atoms with Crippen LogP contribution in [0.5, 0.6) is 5.75 Å². The highest BCUT2D eigenvalue weighted by Gasteiger charge is 2.17. The monoisotopic (exact) mass is 378 g/mol. The van der Waals surface area contributed by atoms with E-state index >= 15 is 0 Å². The third-order valence-corrected chi connectivity index (χ3v) is 4.64. The third-order valence-electron chi connectivity index (χ3n) is 3.27. The Labute approximate surface area is 156 Å². The maximum Gasteiger partial charge on any atom is 0.237 e. The molecule has 0 aliphatic rings. The number of nitrogens with one attached hydrogen (secondary N) is 2. The van der Waals surface area contributed by atoms with Crippen LogP contribution in [0.3, 0.4) is 0 Å². The van der Waals surface area contributed by atoms with Crippen LogP contribution in [0, 0.1) is 0 Å². The van der Waals surface area contributed by atoms with E-state index in [0.29, 0.717) is 22.1 Å². The van der Waals surface area contributed by atoms with E-state index in [4.69, 9.17) is 16.3 Å². The van der Waals surface area contributed by atoms with Gasteiger partial charge in [-0.3, -0.25) is 9.59 Å². The predicted molar refractivity (Wildman–Crippen MR) is 103 cm³/mol. The second kappa shape index (κ2) is 8.78. The molecule has 7 heteroatoms. The summed E-state index contributed by atoms with van der Waals surface area (Å²) in [6.07, 6.45) is 0. The van der Waals surface area contributed by atoms with Crippen LogP contribution in [-0.2, 0) is 9.59 Å². The van der Waals surface area contributed by atoms with Gasteiger partial charge >= 0.3 is 0 Å². The van der Waals surface area contributed by atoms with Crippen molar-refractivity contribution in [1.82, 2.24) is 0 Å². The molecule has 2 amide bonds. The van der Waals surface area contributed by atoms with Gasteiger partial charge in [-0.2, -0.15) is 0 Å². The lowest BCUT2D eigenvalue weighted by molar-refractivity contribution is -0.115. The molecule has 0 aliphatic carbocycles. The van der Waals surface area contributed by atoms with E-state index in [2.05, 4.69) is 10.6 Å². The highest BCUT2D eigenvalue weighted by Crippen LogP contribution is 2.30. The van der Waals surface area contributed by atoms with Crippen LogP contribution in [0.15, 0.2) is 47.4 Å². The molecule has 5 nitrogen and oxygen atoms in total. The second-order valence-electron chi connectivity index (χ2n) is 5.30. The highest BCUT2D eigenvalue weighted by molar-refractivity contribution is 8.00. The average molecular weight is 379 g/mol. The Hall–Kier alpha value is -2.18. The minimum Gasteiger partial charge on any atom is -0.495 e. The van der Waals surface area contributed by atoms with E-state index in [1.54, 1.807) is 30.3 Å². The maximum atomic E-state index is 12.5. The summed E-state index contributed by atoms with van der Waals surface area (Å²) in [5, 5.41) is 5.85. The molecule has 1 atom stereocenters. The number of amides is 2. The fraction of sp³-hybridized carbons (Fsp3) is 0.222. The van der Waals surface area contributed by atoms with Crippen molar-refractivity contribution < 1.29 is 14.3 Å². The van der Waals surface area contributed by atoms with Gasteiger partial charge in [0, 0.05) is 22.5 Å². The first-order valence-corrected chi connectivity index (χ1v) is 8.83. The van der Waals surface area contributed by atoms with Crippen molar-refractivity contribution in [3.63, 3.8) is 0 Å². The van der Waals surface area contributed by atoms with Gasteiger partial charge in [0.2, 0.25) is 11.8 Å². The molecule has 0 aliphatic heterocycles. The number of carbonyl (C=O) groups excluding carboxylic acids is 2. The summed E-state index contributed by atoms with van der Waals surface area (Å²) < 4.78 is 5.27. The van der Waals surface area contributed by atoms with Crippen molar-refractivity contribution in [3.8, 4) is 5.75 Å². The minimum absolute atomic E-state index is 0.168. The zero-order valence-electron chi connectivity index (χ0n) is 14.1. The highest BCUT2D eigenvalue weighted by atomic mass is 35.5. The van der Waals surface area contributed by atoms with Gasteiger partial charge in [-0.15, -0.1) is 11.8 Å². The van der Waals surface area contributed by atoms with Crippen molar-refractivity contribution >= 4 is 46.6 Å². The SMILES string of the molecule is COc1ccc(NC(C)=O)cc1NC(=O)C(C)Sc1ccc(Cl)cc1. The quantitative estimate of drug-likeness (QED) is 0.730. The normalized spacial score (nSPS) is 11.5. The molecular formula is C18H19ClN2O3S. The number of carbonyl (C=O) groups is 2. The van der Waals surface area contributed by atoms with E-state index in [1.165, 1.54) is 25.8 Å². The first-order chi connectivity index (χ1) is 11.9. The molecule has 0 spiro atoms. The first-order valence-electron chi connectivity index (χ1n) is 7.57. The molecular weight excluding hydrogens is 360 g/mol. The largest absolute Gasteiger partial charge is 0.495 e. The number of rotatable bonds is 6. The molecule has 25 heavy (non-hydrogen) atoms. The maximum absolute atomic E-state index is 12.5. The van der Waals surface area contributed by atoms with E-state index in [9.17, 15) is 9.59 Å². The second-order valence-corrected chi connectivity index (χ2v) is 7.15. The molecule has 0 saturated carbocycles. The minimum atomic E-state index is -0.324. The average Bonchev–Trinajstić information content (AvgIpc) is 2.56. The summed E-state index contributed by atoms with van der Waals surface area (Å²) in [6, 6.07) is 12.4. The molecule has 2 aromatic carbocycles. The molecule has 132 valence electrons. The van der Waals surface area contributed by atoms with Crippen LogP contribution in [0.1, 0.15) is 13.8 Å². The molecule has 2 aromatic rings. The van der Waals surface area contributed by atoms with E-state index in [1.807, 2.05) is 19.1 Å². The molecule has 2 N–H and O–H groups in total. The number of anilines is 2. The number of halogens is 1. The number of benzene rings is 2. The van der Waals surface area contributed by atoms with E-state index in [-0.39, 0.29) is 17.1 Å². The Balaban J connectivity index is 2.09. The smallest absolute Gasteiger partial charge is 0.237 e. The fourth-order valence-electron chi connectivity index (χ4n) is 2.09. The molecule has 0 saturated heterocycles. The lowest BCUT2D eigenvalue weighted by Crippen LogP contribution is -2.22. The molecule has 2 rings (SSSR count). The molecule has 0 aromatic heterocycles. The summed E-state index contributed by atoms with van der Waals surface area (Å²) in [5.41, 5.74) is 1.09. The summed E-state index contributed by atoms with van der Waals surface area (Å²) >= 11 is 7.30. The van der Waals surface area contributed by atoms with Crippen LogP contribution in [0.25, 0.3) is 0 Å². The van der Waals surface area contributed by atoms with Crippen LogP contribution in [-0.4, -0.2) is 24.2 Å². The lowest BCUT2D eigenvalue weighted by atomic mass is 10.2. The van der Waals surface area contributed by atoms with Gasteiger partial charge in [0.25, 0.3) is 0 Å². The van der Waals surface area contributed by atoms with Gasteiger partial charge in [0.1, 0.15) is 5.75 Å². The first kappa shape index (κ1) is 19.1. The van der Waals surface area contributed by atoms with Gasteiger partial charge in [-0.05, 0) is 49.4 Å². The van der Waals surface area contributed by atoms with Crippen LogP contribution >= 0.6 is 23.4 Å². The molecule has 0 bridgehead atoms. The van der Waals surface area contributed by atoms with Crippen molar-refractivity contribution in [2.75, 3.05) is 17.7 Å². The van der Waals surface area contributed by atoms with Crippen molar-refractivity contribution in [2.24, 2.45) is 0 Å². The Morgan fingerprint density at radius 2 is 1.80 bits per heavy atom.